The maximum Gasteiger partial charge on any atom is 0.230 e. The first kappa shape index (κ1) is 17.6. The van der Waals surface area contributed by atoms with E-state index in [1.807, 2.05) is 17.7 Å². The molecule has 2 aromatic rings. The summed E-state index contributed by atoms with van der Waals surface area (Å²) in [6.07, 6.45) is 2.78. The smallest absolute Gasteiger partial charge is 0.230 e. The molecule has 6 heteroatoms. The highest BCUT2D eigenvalue weighted by molar-refractivity contribution is 5.84. The predicted molar refractivity (Wildman–Crippen MR) is 96.3 cm³/mol. The van der Waals surface area contributed by atoms with E-state index in [0.29, 0.717) is 13.2 Å². The summed E-state index contributed by atoms with van der Waals surface area (Å²) in [4.78, 5) is 19.5. The number of nitrogens with one attached hydrogen (secondary N) is 1. The number of aromatic nitrogens is 2. The number of ether oxygens (including phenoxy) is 1. The van der Waals surface area contributed by atoms with E-state index in [1.165, 1.54) is 5.56 Å². The molecular formula is C19H26N4O2. The summed E-state index contributed by atoms with van der Waals surface area (Å²) in [6, 6.07) is 10.4. The molecule has 1 amide bonds. The summed E-state index contributed by atoms with van der Waals surface area (Å²) in [6.45, 7) is 3.49. The average Bonchev–Trinajstić information content (AvgIpc) is 3.01. The summed E-state index contributed by atoms with van der Waals surface area (Å²) in [5, 5.41) is 2.97. The van der Waals surface area contributed by atoms with Gasteiger partial charge in [-0.15, -0.1) is 0 Å². The second-order valence-corrected chi connectivity index (χ2v) is 6.49. The van der Waals surface area contributed by atoms with Crippen molar-refractivity contribution >= 4 is 5.91 Å². The van der Waals surface area contributed by atoms with Gasteiger partial charge in [0.2, 0.25) is 5.91 Å². The molecule has 1 aliphatic heterocycles. The molecule has 0 saturated heterocycles. The van der Waals surface area contributed by atoms with E-state index in [0.717, 1.165) is 37.4 Å². The topological polar surface area (TPSA) is 59.4 Å². The van der Waals surface area contributed by atoms with E-state index in [1.54, 1.807) is 13.4 Å². The molecule has 1 aliphatic rings. The number of imidazole rings is 1. The van der Waals surface area contributed by atoms with Crippen LogP contribution in [0.15, 0.2) is 36.7 Å². The lowest BCUT2D eigenvalue weighted by Crippen LogP contribution is -2.43. The Morgan fingerprint density at radius 2 is 2.16 bits per heavy atom. The molecule has 2 heterocycles. The minimum atomic E-state index is -0.191. The maximum atomic E-state index is 12.7. The van der Waals surface area contributed by atoms with Crippen LogP contribution in [0.1, 0.15) is 22.9 Å². The molecule has 6 nitrogen and oxygen atoms in total. The Hall–Kier alpha value is -2.18. The number of hydrogen-bond donors (Lipinski definition) is 1. The van der Waals surface area contributed by atoms with Gasteiger partial charge in [0.25, 0.3) is 0 Å². The molecule has 0 aliphatic carbocycles. The molecule has 25 heavy (non-hydrogen) atoms. The second-order valence-electron chi connectivity index (χ2n) is 6.49. The number of benzene rings is 1. The molecule has 1 N–H and O–H groups in total. The predicted octanol–water partition coefficient (Wildman–Crippen LogP) is 1.32. The first-order valence-electron chi connectivity index (χ1n) is 8.72. The molecule has 1 aromatic heterocycles. The number of carbonyl (C=O) groups is 1. The Balaban J connectivity index is 1.68. The number of carbonyl (C=O) groups excluding carboxylic acids is 1. The minimum absolute atomic E-state index is 0.0475. The molecule has 0 spiro atoms. The number of fused-ring (bicyclic) bond motifs is 1. The van der Waals surface area contributed by atoms with Crippen LogP contribution >= 0.6 is 0 Å². The van der Waals surface area contributed by atoms with Gasteiger partial charge in [0.15, 0.2) is 0 Å². The minimum Gasteiger partial charge on any atom is -0.383 e. The third-order valence-corrected chi connectivity index (χ3v) is 4.69. The number of hydrogen-bond acceptors (Lipinski definition) is 4. The van der Waals surface area contributed by atoms with Gasteiger partial charge in [-0.3, -0.25) is 9.69 Å². The van der Waals surface area contributed by atoms with Crippen LogP contribution in [0.2, 0.25) is 0 Å². The van der Waals surface area contributed by atoms with Crippen molar-refractivity contribution in [2.45, 2.75) is 18.9 Å². The average molecular weight is 342 g/mol. The third-order valence-electron chi connectivity index (χ3n) is 4.69. The Labute approximate surface area is 148 Å². The summed E-state index contributed by atoms with van der Waals surface area (Å²) < 4.78 is 7.00. The Kier molecular flexibility index (Phi) is 5.83. The van der Waals surface area contributed by atoms with Gasteiger partial charge in [0.1, 0.15) is 0 Å². The van der Waals surface area contributed by atoms with Gasteiger partial charge in [-0.2, -0.15) is 0 Å². The van der Waals surface area contributed by atoms with Gasteiger partial charge >= 0.3 is 0 Å². The molecule has 3 rings (SSSR count). The first-order chi connectivity index (χ1) is 12.2. The van der Waals surface area contributed by atoms with Crippen molar-refractivity contribution in [3.8, 4) is 0 Å². The SMILES string of the molecule is COCCNC(=O)[C@H]1CN(CCc2ccccc2)Cc2ncn(C)c21. The number of aryl methyl sites for hydroxylation is 1. The fraction of sp³-hybridized carbons (Fsp3) is 0.474. The molecule has 0 radical (unpaired) electrons. The lowest BCUT2D eigenvalue weighted by molar-refractivity contribution is -0.123. The van der Waals surface area contributed by atoms with E-state index in [9.17, 15) is 4.79 Å². The lowest BCUT2D eigenvalue weighted by Gasteiger charge is -2.32. The van der Waals surface area contributed by atoms with Crippen LogP contribution in [0.5, 0.6) is 0 Å². The molecule has 0 bridgehead atoms. The second kappa shape index (κ2) is 8.27. The number of rotatable bonds is 7. The summed E-state index contributed by atoms with van der Waals surface area (Å²) >= 11 is 0. The standard InChI is InChI=1S/C19H26N4O2/c1-22-14-21-17-13-23(10-8-15-6-4-3-5-7-15)12-16(18(17)22)19(24)20-9-11-25-2/h3-7,14,16H,8-13H2,1-2H3,(H,20,24)/t16-/m0/s1. The van der Waals surface area contributed by atoms with Gasteiger partial charge in [-0.05, 0) is 12.0 Å². The zero-order chi connectivity index (χ0) is 17.6. The fourth-order valence-electron chi connectivity index (χ4n) is 3.39. The number of methoxy groups -OCH3 is 1. The molecule has 1 aromatic carbocycles. The van der Waals surface area contributed by atoms with Gasteiger partial charge in [0.05, 0.1) is 30.2 Å². The van der Waals surface area contributed by atoms with Gasteiger partial charge in [-0.1, -0.05) is 30.3 Å². The van der Waals surface area contributed by atoms with Crippen LogP contribution in [0, 0.1) is 0 Å². The van der Waals surface area contributed by atoms with Crippen LogP contribution in [0.3, 0.4) is 0 Å². The van der Waals surface area contributed by atoms with Crippen molar-refractivity contribution in [2.24, 2.45) is 7.05 Å². The van der Waals surface area contributed by atoms with Crippen LogP contribution in [-0.4, -0.2) is 53.7 Å². The molecule has 0 unspecified atom stereocenters. The van der Waals surface area contributed by atoms with Crippen molar-refractivity contribution in [2.75, 3.05) is 33.4 Å². The van der Waals surface area contributed by atoms with Crippen LogP contribution in [-0.2, 0) is 29.5 Å². The quantitative estimate of drug-likeness (QED) is 0.771. The molecule has 134 valence electrons. The first-order valence-corrected chi connectivity index (χ1v) is 8.72. The summed E-state index contributed by atoms with van der Waals surface area (Å²) in [5.74, 6) is -0.143. The molecular weight excluding hydrogens is 316 g/mol. The zero-order valence-electron chi connectivity index (χ0n) is 14.9. The summed E-state index contributed by atoms with van der Waals surface area (Å²) in [7, 11) is 3.60. The van der Waals surface area contributed by atoms with Crippen LogP contribution in [0.4, 0.5) is 0 Å². The van der Waals surface area contributed by atoms with Crippen molar-refractivity contribution in [1.29, 1.82) is 0 Å². The van der Waals surface area contributed by atoms with E-state index in [4.69, 9.17) is 4.74 Å². The monoisotopic (exact) mass is 342 g/mol. The lowest BCUT2D eigenvalue weighted by atomic mass is 9.96. The van der Waals surface area contributed by atoms with Crippen LogP contribution < -0.4 is 5.32 Å². The van der Waals surface area contributed by atoms with Crippen LogP contribution in [0.25, 0.3) is 0 Å². The van der Waals surface area contributed by atoms with E-state index in [-0.39, 0.29) is 11.8 Å². The van der Waals surface area contributed by atoms with E-state index < -0.39 is 0 Å². The third kappa shape index (κ3) is 4.27. The molecule has 0 fully saturated rings. The zero-order valence-corrected chi connectivity index (χ0v) is 14.9. The number of amides is 1. The van der Waals surface area contributed by atoms with E-state index >= 15 is 0 Å². The molecule has 1 atom stereocenters. The highest BCUT2D eigenvalue weighted by Crippen LogP contribution is 2.27. The highest BCUT2D eigenvalue weighted by atomic mass is 16.5. The Morgan fingerprint density at radius 1 is 1.36 bits per heavy atom. The van der Waals surface area contributed by atoms with Gasteiger partial charge in [0, 0.05) is 40.3 Å². The van der Waals surface area contributed by atoms with Crippen molar-refractivity contribution in [3.63, 3.8) is 0 Å². The van der Waals surface area contributed by atoms with E-state index in [2.05, 4.69) is 39.5 Å². The van der Waals surface area contributed by atoms with Gasteiger partial charge in [-0.25, -0.2) is 4.98 Å². The molecule has 0 saturated carbocycles. The van der Waals surface area contributed by atoms with Crippen molar-refractivity contribution in [3.05, 3.63) is 53.6 Å². The largest absolute Gasteiger partial charge is 0.383 e. The fourth-order valence-corrected chi connectivity index (χ4v) is 3.39. The normalized spacial score (nSPS) is 17.3. The Morgan fingerprint density at radius 3 is 2.92 bits per heavy atom. The maximum absolute atomic E-state index is 12.7. The highest BCUT2D eigenvalue weighted by Gasteiger charge is 2.33. The Bertz CT molecular complexity index is 699. The number of nitrogens with zero attached hydrogens (tertiary/aromatic N) is 3. The van der Waals surface area contributed by atoms with Gasteiger partial charge < -0.3 is 14.6 Å². The summed E-state index contributed by atoms with van der Waals surface area (Å²) in [5.41, 5.74) is 3.36. The van der Waals surface area contributed by atoms with Crippen molar-refractivity contribution < 1.29 is 9.53 Å². The van der Waals surface area contributed by atoms with Crippen molar-refractivity contribution in [1.82, 2.24) is 19.8 Å².